The predicted octanol–water partition coefficient (Wildman–Crippen LogP) is 8.19. The molecule has 17 nitrogen and oxygen atoms in total. The van der Waals surface area contributed by atoms with Crippen molar-refractivity contribution in [2.75, 3.05) is 44.4 Å². The Morgan fingerprint density at radius 1 is 0.974 bits per heavy atom. The summed E-state index contributed by atoms with van der Waals surface area (Å²) in [5, 5.41) is 17.5. The van der Waals surface area contributed by atoms with Crippen molar-refractivity contribution in [2.24, 2.45) is 5.41 Å². The zero-order chi connectivity index (χ0) is 54.7. The number of hydrogen-bond acceptors (Lipinski definition) is 11. The van der Waals surface area contributed by atoms with Gasteiger partial charge < -0.3 is 46.5 Å². The normalized spacial score (nSPS) is 18.6. The number of aromatic nitrogens is 3. The van der Waals surface area contributed by atoms with Crippen LogP contribution in [0, 0.1) is 17.8 Å². The number of likely N-dealkylation sites (tertiary alicyclic amines) is 1. The minimum atomic E-state index is -0.832. The molecule has 7 rings (SSSR count). The molecule has 4 amide bonds. The lowest BCUT2D eigenvalue weighted by atomic mass is 9.85. The van der Waals surface area contributed by atoms with Crippen molar-refractivity contribution in [3.05, 3.63) is 100 Å². The van der Waals surface area contributed by atoms with Gasteiger partial charge in [-0.2, -0.15) is 4.68 Å². The molecule has 2 aromatic heterocycles. The van der Waals surface area contributed by atoms with E-state index in [0.29, 0.717) is 97.6 Å². The summed E-state index contributed by atoms with van der Waals surface area (Å²) in [7, 11) is 3.39. The van der Waals surface area contributed by atoms with Gasteiger partial charge in [-0.25, -0.2) is 9.37 Å². The number of nitrogen functional groups attached to an aromatic ring is 1. The number of likely N-dealkylation sites (N-methyl/N-ethyl adjacent to an activating group) is 1. The van der Waals surface area contributed by atoms with Gasteiger partial charge in [-0.05, 0) is 117 Å². The van der Waals surface area contributed by atoms with Gasteiger partial charge in [-0.1, -0.05) is 90.3 Å². The number of unbranched alkanes of at least 4 members (excludes halogenated alkanes) is 5. The molecule has 76 heavy (non-hydrogen) atoms. The second-order valence-electron chi connectivity index (χ2n) is 22.0. The lowest BCUT2D eigenvalue weighted by Gasteiger charge is -2.36. The van der Waals surface area contributed by atoms with E-state index in [1.165, 1.54) is 12.1 Å². The molecule has 3 aliphatic rings. The van der Waals surface area contributed by atoms with Crippen LogP contribution in [-0.4, -0.2) is 112 Å². The largest absolute Gasteiger partial charge is 0.382 e. The summed E-state index contributed by atoms with van der Waals surface area (Å²) < 4.78 is 16.5. The number of benzene rings is 2. The summed E-state index contributed by atoms with van der Waals surface area (Å²) >= 11 is 0. The highest BCUT2D eigenvalue weighted by Crippen LogP contribution is 2.44. The number of hydrogen-bond donors (Lipinski definition) is 5. The fourth-order valence-corrected chi connectivity index (χ4v) is 11.0. The number of nitrogens with two attached hydrogens (primary N) is 1. The average molecular weight is 1040 g/mol. The van der Waals surface area contributed by atoms with E-state index < -0.39 is 29.4 Å². The first kappa shape index (κ1) is 57.0. The molecule has 4 aromatic rings. The van der Waals surface area contributed by atoms with Gasteiger partial charge in [0.2, 0.25) is 17.7 Å². The maximum absolute atomic E-state index is 14.8. The molecule has 0 unspecified atom stereocenters. The quantitative estimate of drug-likeness (QED) is 0.0375. The number of nitrogens with one attached hydrogen (secondary N) is 4. The molecule has 18 heteroatoms. The molecule has 5 heterocycles. The lowest BCUT2D eigenvalue weighted by molar-refractivity contribution is -0.144. The number of nitrogens with zero attached hydrogens (tertiary/aromatic N) is 7. The van der Waals surface area contributed by atoms with Gasteiger partial charge in [-0.3, -0.25) is 24.0 Å². The van der Waals surface area contributed by atoms with Crippen LogP contribution in [0.25, 0.3) is 16.0 Å². The van der Waals surface area contributed by atoms with E-state index in [1.807, 2.05) is 64.1 Å². The molecule has 2 aromatic carbocycles. The lowest BCUT2D eigenvalue weighted by Crippen LogP contribution is -2.59. The minimum absolute atomic E-state index is 0.0971. The molecule has 408 valence electrons. The number of halogens is 1. The van der Waals surface area contributed by atoms with E-state index >= 15 is 0 Å². The summed E-state index contributed by atoms with van der Waals surface area (Å²) in [6.07, 6.45) is 11.3. The number of anilines is 2. The highest BCUT2D eigenvalue weighted by Gasteiger charge is 2.45. The van der Waals surface area contributed by atoms with E-state index in [4.69, 9.17) is 17.4 Å². The Bertz CT molecular complexity index is 2730. The first-order valence-corrected chi connectivity index (χ1v) is 27.4. The van der Waals surface area contributed by atoms with Crippen LogP contribution in [-0.2, 0) is 32.3 Å². The Kier molecular flexibility index (Phi) is 19.4. The zero-order valence-corrected chi connectivity index (χ0v) is 45.6. The Hall–Kier alpha value is -6.71. The number of carbonyl (C=O) groups excluding carboxylic acids is 5. The van der Waals surface area contributed by atoms with Gasteiger partial charge in [0.15, 0.2) is 0 Å². The molecule has 2 bridgehead atoms. The molecule has 6 atom stereocenters. The maximum Gasteiger partial charge on any atom is 0.303 e. The van der Waals surface area contributed by atoms with Crippen LogP contribution < -0.4 is 31.9 Å². The van der Waals surface area contributed by atoms with Gasteiger partial charge in [0, 0.05) is 56.3 Å². The van der Waals surface area contributed by atoms with E-state index in [1.54, 1.807) is 47.8 Å². The summed E-state index contributed by atoms with van der Waals surface area (Å²) in [4.78, 5) is 82.6. The van der Waals surface area contributed by atoms with Gasteiger partial charge in [-0.15, -0.1) is 0 Å². The van der Waals surface area contributed by atoms with E-state index in [-0.39, 0.29) is 59.9 Å². The molecular formula is C58H79FN12O5. The number of Topliss-reactive ketones (excluding diaryl/α,β-unsaturated/α-hetero) is 1. The molecular weight excluding hydrogens is 964 g/mol. The summed E-state index contributed by atoms with van der Waals surface area (Å²) in [6.45, 7) is 19.8. The van der Waals surface area contributed by atoms with E-state index in [0.717, 1.165) is 57.1 Å². The van der Waals surface area contributed by atoms with Crippen LogP contribution in [0.3, 0.4) is 0 Å². The molecule has 0 aliphatic carbocycles. The Morgan fingerprint density at radius 3 is 2.41 bits per heavy atom. The summed E-state index contributed by atoms with van der Waals surface area (Å²) in [5.74, 6) is -0.798. The standard InChI is InChI=1S/C58H79FN12O5/c1-9-45(38-21-15-14-16-22-38)65-55(74)48-33-41(35-70(48)57(76)51(58(3,4)5)66-54(73)37(2)61-6)63-28-18-13-11-10-12-17-23-42(72)24-19-30-71-49-36-68(8)56(75)43-27-26-40(59)32-44(43)46-25-20-29-69(46)47-31-39(34-64-52(47)60)50(49)53(62-7)67-71/h14-16,21-22,26-27,31-32,34,37,41,45-46,48,51,61,63H,9-13,17-20,23-25,28-30,33,35-36H2,1-6,8H3,(H2,60,64)(H,65,74)(H,66,73)/t37-,41-,45+,46-,48-,51+/m1/s1. The van der Waals surface area contributed by atoms with Gasteiger partial charge in [0.05, 0.1) is 42.6 Å². The number of rotatable bonds is 22. The number of amides is 4. The van der Waals surface area contributed by atoms with E-state index in [9.17, 15) is 28.4 Å². The monoisotopic (exact) mass is 1040 g/mol. The first-order valence-electron chi connectivity index (χ1n) is 27.4. The molecule has 0 spiro atoms. The molecule has 0 saturated carbocycles. The topological polar surface area (TPSA) is 204 Å². The van der Waals surface area contributed by atoms with Gasteiger partial charge >= 0.3 is 5.82 Å². The average Bonchev–Trinajstić information content (AvgIpc) is 4.16. The second-order valence-corrected chi connectivity index (χ2v) is 22.0. The van der Waals surface area contributed by atoms with Gasteiger partial charge in [0.25, 0.3) is 5.91 Å². The summed E-state index contributed by atoms with van der Waals surface area (Å²) in [6, 6.07) is 13.4. The zero-order valence-electron chi connectivity index (χ0n) is 45.6. The number of aryl methyl sites for hydroxylation is 1. The molecule has 3 aliphatic heterocycles. The predicted molar refractivity (Wildman–Crippen MR) is 294 cm³/mol. The van der Waals surface area contributed by atoms with Crippen molar-refractivity contribution in [1.29, 1.82) is 0 Å². The molecule has 2 saturated heterocycles. The molecule has 0 radical (unpaired) electrons. The van der Waals surface area contributed by atoms with Crippen LogP contribution in [0.4, 0.5) is 21.7 Å². The molecule has 6 N–H and O–H groups in total. The number of carbonyl (C=O) groups is 5. The maximum atomic E-state index is 14.8. The highest BCUT2D eigenvalue weighted by molar-refractivity contribution is 5.97. The Balaban J connectivity index is 0.889. The smallest absolute Gasteiger partial charge is 0.303 e. The van der Waals surface area contributed by atoms with Crippen molar-refractivity contribution < 1.29 is 28.4 Å². The Morgan fingerprint density at radius 2 is 1.70 bits per heavy atom. The minimum Gasteiger partial charge on any atom is -0.382 e. The van der Waals surface area contributed by atoms with Crippen molar-refractivity contribution in [3.63, 3.8) is 0 Å². The number of pyridine rings is 1. The van der Waals surface area contributed by atoms with Crippen molar-refractivity contribution >= 4 is 46.7 Å². The van der Waals surface area contributed by atoms with Crippen LogP contribution in [0.2, 0.25) is 0 Å². The van der Waals surface area contributed by atoms with Crippen LogP contribution >= 0.6 is 0 Å². The first-order chi connectivity index (χ1) is 36.4. The third-order valence-corrected chi connectivity index (χ3v) is 15.4. The third kappa shape index (κ3) is 13.6. The van der Waals surface area contributed by atoms with Crippen molar-refractivity contribution in [2.45, 2.75) is 167 Å². The fourth-order valence-electron chi connectivity index (χ4n) is 11.0. The van der Waals surface area contributed by atoms with E-state index in [2.05, 4.69) is 36.0 Å². The number of ketones is 1. The number of fused-ring (bicyclic) bond motifs is 8. The van der Waals surface area contributed by atoms with Crippen molar-refractivity contribution in [1.82, 2.24) is 45.8 Å². The Labute approximate surface area is 448 Å². The van der Waals surface area contributed by atoms with Crippen LogP contribution in [0.15, 0.2) is 60.8 Å². The van der Waals surface area contributed by atoms with Crippen molar-refractivity contribution in [3.8, 4) is 11.1 Å². The third-order valence-electron chi connectivity index (χ3n) is 15.4. The highest BCUT2D eigenvalue weighted by atomic mass is 19.1. The SMILES string of the molecule is [C-]#[N+]c1nn(CCCC(=O)CCCCCCCCN[C@@H]2C[C@H](C(=O)N[C@@H](CC)c3ccccc3)N(C(=O)[C@H](NC(=O)[C@@H](C)NC)C(C)(C)C)C2)c2c1-c1cnc(N)c(c1)N1CCC[C@@H]1c1cc(F)ccc1C(=O)N(C)C2. The fraction of sp³-hybridized carbons (Fsp3) is 0.552. The van der Waals surface area contributed by atoms with Crippen LogP contribution in [0.1, 0.15) is 157 Å². The second kappa shape index (κ2) is 25.9. The van der Waals surface area contributed by atoms with Gasteiger partial charge in [0.1, 0.15) is 29.5 Å². The van der Waals surface area contributed by atoms with Crippen LogP contribution in [0.5, 0.6) is 0 Å². The molecule has 2 fully saturated rings. The summed E-state index contributed by atoms with van der Waals surface area (Å²) in [5.41, 5.74) is 10.4.